The first kappa shape index (κ1) is 31.1. The smallest absolute Gasteiger partial charge is 0.255 e. The molecule has 2 aliphatic rings. The van der Waals surface area contributed by atoms with Gasteiger partial charge in [-0.1, -0.05) is 29.8 Å². The molecule has 0 aliphatic carbocycles. The van der Waals surface area contributed by atoms with Crippen molar-refractivity contribution in [2.45, 2.75) is 25.9 Å². The third kappa shape index (κ3) is 7.95. The zero-order valence-electron chi connectivity index (χ0n) is 21.5. The average molecular weight is 589 g/mol. The summed E-state index contributed by atoms with van der Waals surface area (Å²) in [4.78, 5) is 24.7. The third-order valence-electron chi connectivity index (χ3n) is 6.44. The second-order valence-electron chi connectivity index (χ2n) is 8.82. The molecule has 3 aromatic rings. The number of rotatable bonds is 4. The van der Waals surface area contributed by atoms with Gasteiger partial charge >= 0.3 is 0 Å². The Morgan fingerprint density at radius 2 is 1.63 bits per heavy atom. The molecule has 7 N–H and O–H groups in total. The number of nitrogens with zero attached hydrogens (tertiary/aromatic N) is 2. The van der Waals surface area contributed by atoms with E-state index < -0.39 is 0 Å². The summed E-state index contributed by atoms with van der Waals surface area (Å²) in [7, 11) is 1.91. The number of nitrogens with one attached hydrogen (secondary N) is 3. The van der Waals surface area contributed by atoms with E-state index in [1.54, 1.807) is 24.3 Å². The number of hydrogen-bond acceptors (Lipinski definition) is 4. The van der Waals surface area contributed by atoms with Crippen molar-refractivity contribution in [3.05, 3.63) is 106 Å². The molecule has 197 valence electrons. The first-order valence-corrected chi connectivity index (χ1v) is 12.0. The van der Waals surface area contributed by atoms with Crippen LogP contribution in [0.1, 0.15) is 43.0 Å². The molecular weight excluding hydrogens is 555 g/mol. The van der Waals surface area contributed by atoms with Gasteiger partial charge in [0.25, 0.3) is 5.91 Å². The van der Waals surface area contributed by atoms with Crippen LogP contribution in [0.25, 0.3) is 11.5 Å². The molecule has 2 heterocycles. The normalized spacial score (nSPS) is 13.1. The van der Waals surface area contributed by atoms with E-state index in [2.05, 4.69) is 40.2 Å². The average Bonchev–Trinajstić information content (AvgIpc) is 2.92. The van der Waals surface area contributed by atoms with Crippen molar-refractivity contribution in [1.29, 1.82) is 5.41 Å². The van der Waals surface area contributed by atoms with Gasteiger partial charge in [-0.2, -0.15) is 0 Å². The Morgan fingerprint density at radius 1 is 0.974 bits per heavy atom. The zero-order chi connectivity index (χ0) is 25.5. The first-order valence-electron chi connectivity index (χ1n) is 12.0. The molecule has 3 aromatic carbocycles. The van der Waals surface area contributed by atoms with Crippen LogP contribution >= 0.6 is 0 Å². The summed E-state index contributed by atoms with van der Waals surface area (Å²) < 4.78 is 0. The molecule has 2 aliphatic heterocycles. The molecule has 0 bridgehead atoms. The molecular formula is C28H33N7O2Y-2. The van der Waals surface area contributed by atoms with E-state index in [9.17, 15) is 9.59 Å². The Labute approximate surface area is 248 Å². The van der Waals surface area contributed by atoms with Crippen molar-refractivity contribution >= 4 is 29.5 Å². The van der Waals surface area contributed by atoms with Gasteiger partial charge in [-0.05, 0) is 65.9 Å². The predicted octanol–water partition coefficient (Wildman–Crippen LogP) is 4.88. The number of amides is 1. The zero-order valence-corrected chi connectivity index (χ0v) is 24.4. The molecule has 38 heavy (non-hydrogen) atoms. The van der Waals surface area contributed by atoms with E-state index in [0.717, 1.165) is 50.1 Å². The number of fused-ring (bicyclic) bond motifs is 2. The standard InChI is InChI=1S/C17H15N2O2.C11H16N4.H2N.Y/c20-11-12-1-3-14(4-2-12)17(21)19-16-6-5-13-7-8-18-10-15(13)9-16;1-14-10-3-2-8-4-5-15(11(12)13)7-9(8)6-10;;/h1-6,9,11H,7-8,10H2,(H,19,21);2-3,6,14H,4-5,7H2,1H3,(H3,12,13);1H2;/q-1;;-1;. The van der Waals surface area contributed by atoms with E-state index in [0.29, 0.717) is 17.7 Å². The van der Waals surface area contributed by atoms with Crippen LogP contribution in [0.15, 0.2) is 60.7 Å². The topological polar surface area (TPSA) is 159 Å². The van der Waals surface area contributed by atoms with Crippen molar-refractivity contribution in [3.63, 3.8) is 0 Å². The largest absolute Gasteiger partial charge is 0.693 e. The minimum atomic E-state index is -0.180. The van der Waals surface area contributed by atoms with E-state index in [-0.39, 0.29) is 50.7 Å². The molecule has 1 amide bonds. The fourth-order valence-electron chi connectivity index (χ4n) is 4.33. The molecule has 5 rings (SSSR count). The Balaban J connectivity index is 0.000000266. The van der Waals surface area contributed by atoms with Crippen LogP contribution in [-0.4, -0.2) is 43.2 Å². The van der Waals surface area contributed by atoms with E-state index in [1.807, 2.05) is 24.1 Å². The van der Waals surface area contributed by atoms with Gasteiger partial charge in [-0.3, -0.25) is 15.0 Å². The number of hydrogen-bond donors (Lipinski definition) is 4. The monoisotopic (exact) mass is 588 g/mol. The fraction of sp³-hybridized carbons (Fsp3) is 0.250. The Kier molecular flexibility index (Phi) is 12.1. The molecule has 0 atom stereocenters. The van der Waals surface area contributed by atoms with Gasteiger partial charge in [-0.15, -0.1) is 13.1 Å². The summed E-state index contributed by atoms with van der Waals surface area (Å²) in [6.45, 7) is 3.19. The van der Waals surface area contributed by atoms with Gasteiger partial charge < -0.3 is 32.7 Å². The fourth-order valence-corrected chi connectivity index (χ4v) is 4.33. The van der Waals surface area contributed by atoms with Gasteiger partial charge in [0.15, 0.2) is 5.96 Å². The van der Waals surface area contributed by atoms with Crippen LogP contribution in [0.4, 0.5) is 11.4 Å². The second kappa shape index (κ2) is 14.7. The SMILES string of the molecule is CNc1ccc2c(c1)CN(C(=N)N)CC2.O=Cc1ccc(C(=O)Nc2ccc3c(c2)C[N-]CC3)cc1.[NH2-].[Y]. The van der Waals surface area contributed by atoms with Crippen LogP contribution in [0.2, 0.25) is 0 Å². The minimum absolute atomic E-state index is 0. The molecule has 10 heteroatoms. The van der Waals surface area contributed by atoms with Crippen LogP contribution < -0.4 is 16.4 Å². The predicted molar refractivity (Wildman–Crippen MR) is 149 cm³/mol. The maximum atomic E-state index is 12.2. The summed E-state index contributed by atoms with van der Waals surface area (Å²) in [6.07, 6.45) is 2.70. The Morgan fingerprint density at radius 3 is 2.29 bits per heavy atom. The number of nitrogens with two attached hydrogens (primary N) is 2. The molecule has 0 saturated carbocycles. The molecule has 0 unspecified atom stereocenters. The van der Waals surface area contributed by atoms with Gasteiger partial charge in [0.2, 0.25) is 0 Å². The number of guanidine groups is 1. The van der Waals surface area contributed by atoms with E-state index >= 15 is 0 Å². The number of carbonyl (C=O) groups excluding carboxylic acids is 2. The minimum Gasteiger partial charge on any atom is -0.693 e. The maximum absolute atomic E-state index is 12.2. The van der Waals surface area contributed by atoms with E-state index in [1.165, 1.54) is 22.3 Å². The van der Waals surface area contributed by atoms with Crippen LogP contribution in [0.5, 0.6) is 0 Å². The van der Waals surface area contributed by atoms with Gasteiger partial charge in [-0.25, -0.2) is 0 Å². The molecule has 9 nitrogen and oxygen atoms in total. The number of carbonyl (C=O) groups is 2. The number of benzene rings is 3. The Hall–Kier alpha value is -3.11. The van der Waals surface area contributed by atoms with Crippen LogP contribution in [0, 0.1) is 5.41 Å². The van der Waals surface area contributed by atoms with Crippen molar-refractivity contribution < 1.29 is 42.3 Å². The third-order valence-corrected chi connectivity index (χ3v) is 6.44. The molecule has 0 saturated heterocycles. The molecule has 0 spiro atoms. The van der Waals surface area contributed by atoms with Crippen molar-refractivity contribution in [1.82, 2.24) is 4.90 Å². The molecule has 1 radical (unpaired) electrons. The van der Waals surface area contributed by atoms with Gasteiger partial charge in [0.05, 0.1) is 0 Å². The van der Waals surface area contributed by atoms with Gasteiger partial charge in [0, 0.05) is 75.3 Å². The summed E-state index contributed by atoms with van der Waals surface area (Å²) in [5.41, 5.74) is 13.6. The van der Waals surface area contributed by atoms with Crippen molar-refractivity contribution in [3.8, 4) is 0 Å². The molecule has 0 fully saturated rings. The van der Waals surface area contributed by atoms with Crippen LogP contribution in [0.3, 0.4) is 0 Å². The van der Waals surface area contributed by atoms with Crippen molar-refractivity contribution in [2.75, 3.05) is 30.8 Å². The van der Waals surface area contributed by atoms with E-state index in [4.69, 9.17) is 11.1 Å². The summed E-state index contributed by atoms with van der Waals surface area (Å²) in [5.74, 6) is -0.0179. The summed E-state index contributed by atoms with van der Waals surface area (Å²) in [5, 5.41) is 17.8. The summed E-state index contributed by atoms with van der Waals surface area (Å²) in [6, 6.07) is 18.9. The number of anilines is 2. The van der Waals surface area contributed by atoms with Crippen LogP contribution in [-0.2, 0) is 58.6 Å². The molecule has 0 aromatic heterocycles. The summed E-state index contributed by atoms with van der Waals surface area (Å²) >= 11 is 0. The van der Waals surface area contributed by atoms with Gasteiger partial charge in [0.1, 0.15) is 6.29 Å². The second-order valence-corrected chi connectivity index (χ2v) is 8.82. The van der Waals surface area contributed by atoms with Crippen molar-refractivity contribution in [2.24, 2.45) is 5.73 Å². The quantitative estimate of drug-likeness (QED) is 0.194. The first-order chi connectivity index (χ1) is 17.5. The Bertz CT molecular complexity index is 1260. The number of aldehydes is 1. The maximum Gasteiger partial charge on any atom is 0.255 e.